The molecule has 2 aromatic carbocycles. The van der Waals surface area contributed by atoms with Crippen LogP contribution in [0.1, 0.15) is 10.4 Å². The lowest BCUT2D eigenvalue weighted by molar-refractivity contribution is 0.0730. The Labute approximate surface area is 179 Å². The Bertz CT molecular complexity index is 1220. The van der Waals surface area contributed by atoms with E-state index in [-0.39, 0.29) is 10.8 Å². The number of carbonyl (C=O) groups excluding carboxylic acids is 1. The molecule has 2 heterocycles. The zero-order valence-electron chi connectivity index (χ0n) is 16.0. The van der Waals surface area contributed by atoms with E-state index in [4.69, 9.17) is 11.2 Å². The van der Waals surface area contributed by atoms with Gasteiger partial charge in [0.15, 0.2) is 5.16 Å². The van der Waals surface area contributed by atoms with Gasteiger partial charge in [0.2, 0.25) is 10.0 Å². The molecule has 1 aliphatic rings. The Morgan fingerprint density at radius 3 is 2.53 bits per heavy atom. The zero-order chi connectivity index (χ0) is 21.1. The molecule has 7 nitrogen and oxygen atoms in total. The number of thioether (sulfide) groups is 1. The molecule has 1 saturated heterocycles. The summed E-state index contributed by atoms with van der Waals surface area (Å²) in [5.41, 5.74) is 1.73. The lowest BCUT2D eigenvalue weighted by Crippen LogP contribution is -2.40. The Morgan fingerprint density at radius 1 is 1.13 bits per heavy atom. The molecule has 0 N–H and O–H groups in total. The summed E-state index contributed by atoms with van der Waals surface area (Å²) in [7, 11) is -3.62. The molecular weight excluding hydrogens is 422 g/mol. The number of aromatic nitrogens is 2. The highest BCUT2D eigenvalue weighted by Crippen LogP contribution is 2.26. The third-order valence-electron chi connectivity index (χ3n) is 4.73. The van der Waals surface area contributed by atoms with Gasteiger partial charge < -0.3 is 4.74 Å². The van der Waals surface area contributed by atoms with E-state index in [0.717, 1.165) is 0 Å². The van der Waals surface area contributed by atoms with Gasteiger partial charge in [0.05, 0.1) is 34.9 Å². The molecule has 1 aliphatic heterocycles. The number of para-hydroxylation sites is 2. The number of morpholine rings is 1. The maximum atomic E-state index is 13.2. The number of rotatable bonds is 5. The molecule has 0 atom stereocenters. The predicted molar refractivity (Wildman–Crippen MR) is 115 cm³/mol. The van der Waals surface area contributed by atoms with Gasteiger partial charge in [-0.15, -0.1) is 6.42 Å². The van der Waals surface area contributed by atoms with Gasteiger partial charge in [-0.1, -0.05) is 29.8 Å². The average Bonchev–Trinajstić information content (AvgIpc) is 3.16. The van der Waals surface area contributed by atoms with Crippen LogP contribution < -0.4 is 0 Å². The summed E-state index contributed by atoms with van der Waals surface area (Å²) < 4.78 is 33.7. The van der Waals surface area contributed by atoms with E-state index in [2.05, 4.69) is 10.9 Å². The highest BCUT2D eigenvalue weighted by atomic mass is 32.2. The first kappa shape index (κ1) is 20.6. The number of sulfonamides is 1. The number of benzene rings is 2. The molecule has 3 aromatic rings. The van der Waals surface area contributed by atoms with Crippen LogP contribution >= 0.6 is 11.8 Å². The van der Waals surface area contributed by atoms with E-state index in [0.29, 0.717) is 53.8 Å². The number of hydrogen-bond donors (Lipinski definition) is 0. The first-order valence-corrected chi connectivity index (χ1v) is 11.7. The summed E-state index contributed by atoms with van der Waals surface area (Å²) in [4.78, 5) is 17.9. The average molecular weight is 442 g/mol. The van der Waals surface area contributed by atoms with Crippen LogP contribution in [0.2, 0.25) is 0 Å². The molecule has 1 aromatic heterocycles. The summed E-state index contributed by atoms with van der Waals surface area (Å²) in [6, 6.07) is 13.3. The van der Waals surface area contributed by atoms with Gasteiger partial charge in [0.25, 0.3) is 5.91 Å². The molecule has 0 aliphatic carbocycles. The van der Waals surface area contributed by atoms with Crippen molar-refractivity contribution in [3.8, 4) is 12.3 Å². The Morgan fingerprint density at radius 2 is 1.83 bits per heavy atom. The van der Waals surface area contributed by atoms with Crippen molar-refractivity contribution >= 4 is 38.7 Å². The molecule has 9 heteroatoms. The minimum atomic E-state index is -3.62. The largest absolute Gasteiger partial charge is 0.379 e. The van der Waals surface area contributed by atoms with Gasteiger partial charge in [-0.3, -0.25) is 9.36 Å². The molecule has 0 unspecified atom stereocenters. The van der Waals surface area contributed by atoms with Crippen LogP contribution in [-0.4, -0.2) is 60.2 Å². The molecule has 30 heavy (non-hydrogen) atoms. The van der Waals surface area contributed by atoms with Crippen molar-refractivity contribution in [2.75, 3.05) is 32.1 Å². The van der Waals surface area contributed by atoms with Gasteiger partial charge in [0, 0.05) is 18.7 Å². The summed E-state index contributed by atoms with van der Waals surface area (Å²) in [5.74, 6) is 2.63. The SMILES string of the molecule is C#CCSc1nc2ccccc2n1C(=O)c1ccc(S(=O)(=O)N2CCOCC2)cc1. The molecule has 0 spiro atoms. The normalized spacial score (nSPS) is 15.2. The minimum Gasteiger partial charge on any atom is -0.379 e. The van der Waals surface area contributed by atoms with Gasteiger partial charge in [-0.2, -0.15) is 4.31 Å². The standard InChI is InChI=1S/C21H19N3O4S2/c1-2-15-29-21-22-18-5-3-4-6-19(18)24(21)20(25)16-7-9-17(10-8-16)30(26,27)23-11-13-28-14-12-23/h1,3-10H,11-15H2. The van der Waals surface area contributed by atoms with Crippen molar-refractivity contribution in [2.45, 2.75) is 10.1 Å². The molecule has 0 bridgehead atoms. The van der Waals surface area contributed by atoms with Crippen molar-refractivity contribution in [3.63, 3.8) is 0 Å². The number of hydrogen-bond acceptors (Lipinski definition) is 6. The summed E-state index contributed by atoms with van der Waals surface area (Å²) >= 11 is 1.30. The maximum Gasteiger partial charge on any atom is 0.264 e. The number of terminal acetylenes is 1. The molecule has 0 radical (unpaired) electrons. The molecule has 0 saturated carbocycles. The number of fused-ring (bicyclic) bond motifs is 1. The highest BCUT2D eigenvalue weighted by molar-refractivity contribution is 7.99. The first-order valence-electron chi connectivity index (χ1n) is 9.29. The third kappa shape index (κ3) is 3.87. The Kier molecular flexibility index (Phi) is 5.92. The third-order valence-corrected chi connectivity index (χ3v) is 7.48. The van der Waals surface area contributed by atoms with Crippen LogP contribution in [0.15, 0.2) is 58.6 Å². The summed E-state index contributed by atoms with van der Waals surface area (Å²) in [5, 5.41) is 0.504. The molecule has 154 valence electrons. The zero-order valence-corrected chi connectivity index (χ0v) is 17.7. The van der Waals surface area contributed by atoms with Crippen molar-refractivity contribution in [1.82, 2.24) is 13.9 Å². The summed E-state index contributed by atoms with van der Waals surface area (Å²) in [6.45, 7) is 1.39. The van der Waals surface area contributed by atoms with Gasteiger partial charge in [-0.05, 0) is 36.4 Å². The van der Waals surface area contributed by atoms with E-state index in [1.807, 2.05) is 24.3 Å². The first-order chi connectivity index (χ1) is 14.5. The van der Waals surface area contributed by atoms with Crippen molar-refractivity contribution in [1.29, 1.82) is 0 Å². The fraction of sp³-hybridized carbons (Fsp3) is 0.238. The maximum absolute atomic E-state index is 13.2. The highest BCUT2D eigenvalue weighted by Gasteiger charge is 2.27. The second-order valence-corrected chi connectivity index (χ2v) is 9.44. The van der Waals surface area contributed by atoms with E-state index in [1.165, 1.54) is 44.9 Å². The number of nitrogens with zero attached hydrogens (tertiary/aromatic N) is 3. The second kappa shape index (κ2) is 8.62. The van der Waals surface area contributed by atoms with Gasteiger partial charge >= 0.3 is 0 Å². The number of ether oxygens (including phenoxy) is 1. The van der Waals surface area contributed by atoms with E-state index in [9.17, 15) is 13.2 Å². The molecular formula is C21H19N3O4S2. The molecule has 4 rings (SSSR count). The fourth-order valence-electron chi connectivity index (χ4n) is 3.24. The van der Waals surface area contributed by atoms with Gasteiger partial charge in [0.1, 0.15) is 0 Å². The van der Waals surface area contributed by atoms with Crippen molar-refractivity contribution in [2.24, 2.45) is 0 Å². The van der Waals surface area contributed by atoms with E-state index in [1.54, 1.807) is 0 Å². The van der Waals surface area contributed by atoms with E-state index < -0.39 is 10.0 Å². The van der Waals surface area contributed by atoms with E-state index >= 15 is 0 Å². The summed E-state index contributed by atoms with van der Waals surface area (Å²) in [6.07, 6.45) is 5.37. The minimum absolute atomic E-state index is 0.151. The second-order valence-electron chi connectivity index (χ2n) is 6.56. The predicted octanol–water partition coefficient (Wildman–Crippen LogP) is 2.47. The van der Waals surface area contributed by atoms with Crippen LogP contribution in [-0.2, 0) is 14.8 Å². The number of imidazole rings is 1. The lowest BCUT2D eigenvalue weighted by atomic mass is 10.2. The van der Waals surface area contributed by atoms with Crippen LogP contribution in [0.3, 0.4) is 0 Å². The van der Waals surface area contributed by atoms with Crippen LogP contribution in [0.4, 0.5) is 0 Å². The molecule has 0 amide bonds. The topological polar surface area (TPSA) is 81.5 Å². The van der Waals surface area contributed by atoms with Crippen LogP contribution in [0, 0.1) is 12.3 Å². The van der Waals surface area contributed by atoms with Gasteiger partial charge in [-0.25, -0.2) is 13.4 Å². The van der Waals surface area contributed by atoms with Crippen LogP contribution in [0.25, 0.3) is 11.0 Å². The monoisotopic (exact) mass is 441 g/mol. The number of carbonyl (C=O) groups is 1. The van der Waals surface area contributed by atoms with Crippen molar-refractivity contribution in [3.05, 3.63) is 54.1 Å². The molecule has 1 fully saturated rings. The Hall–Kier alpha value is -2.64. The van der Waals surface area contributed by atoms with Crippen molar-refractivity contribution < 1.29 is 17.9 Å². The smallest absolute Gasteiger partial charge is 0.264 e. The van der Waals surface area contributed by atoms with Crippen LogP contribution in [0.5, 0.6) is 0 Å². The quantitative estimate of drug-likeness (QED) is 0.447. The Balaban J connectivity index is 1.67. The fourth-order valence-corrected chi connectivity index (χ4v) is 5.33. The lowest BCUT2D eigenvalue weighted by Gasteiger charge is -2.26.